The van der Waals surface area contributed by atoms with E-state index in [4.69, 9.17) is 4.74 Å². The number of aliphatic hydroxyl groups is 1. The Balaban J connectivity index is 1.79. The minimum Gasteiger partial charge on any atom is -0.480 e. The largest absolute Gasteiger partial charge is 0.480 e. The van der Waals surface area contributed by atoms with Crippen LogP contribution in [0.1, 0.15) is 30.7 Å². The number of ether oxygens (including phenoxy) is 1. The lowest BCUT2D eigenvalue weighted by Gasteiger charge is -2.15. The second kappa shape index (κ2) is 5.12. The molecule has 0 radical (unpaired) electrons. The second-order valence-corrected chi connectivity index (χ2v) is 5.14. The van der Waals surface area contributed by atoms with E-state index in [0.29, 0.717) is 18.3 Å². The van der Waals surface area contributed by atoms with Gasteiger partial charge in [0.1, 0.15) is 0 Å². The van der Waals surface area contributed by atoms with Crippen molar-refractivity contribution in [1.82, 2.24) is 9.69 Å². The van der Waals surface area contributed by atoms with Crippen LogP contribution in [0.5, 0.6) is 5.88 Å². The molecule has 0 saturated heterocycles. The number of nitrogens with zero attached hydrogens (tertiary/aromatic N) is 1. The van der Waals surface area contributed by atoms with Gasteiger partial charge >= 0.3 is 0 Å². The molecule has 5 heteroatoms. The molecule has 0 amide bonds. The fourth-order valence-electron chi connectivity index (χ4n) is 1.62. The first-order valence-electron chi connectivity index (χ1n) is 5.62. The topological polar surface area (TPSA) is 54.4 Å². The molecule has 1 aliphatic rings. The van der Waals surface area contributed by atoms with Gasteiger partial charge in [-0.2, -0.15) is 4.37 Å². The number of methoxy groups -OCH3 is 1. The van der Waals surface area contributed by atoms with Crippen LogP contribution in [-0.2, 0) is 0 Å². The van der Waals surface area contributed by atoms with Gasteiger partial charge in [-0.25, -0.2) is 0 Å². The summed E-state index contributed by atoms with van der Waals surface area (Å²) in [6.45, 7) is 2.73. The van der Waals surface area contributed by atoms with Crippen LogP contribution in [0.15, 0.2) is 6.07 Å². The summed E-state index contributed by atoms with van der Waals surface area (Å²) in [6, 6.07) is 2.15. The average molecular weight is 242 g/mol. The van der Waals surface area contributed by atoms with E-state index >= 15 is 0 Å². The molecule has 0 bridgehead atoms. The lowest BCUT2D eigenvalue weighted by molar-refractivity contribution is 0.145. The second-order valence-electron chi connectivity index (χ2n) is 4.31. The van der Waals surface area contributed by atoms with Crippen molar-refractivity contribution in [2.75, 3.05) is 13.7 Å². The lowest BCUT2D eigenvalue weighted by atomic mass is 10.2. The zero-order valence-electron chi connectivity index (χ0n) is 9.64. The summed E-state index contributed by atoms with van der Waals surface area (Å²) in [4.78, 5) is 1.14. The van der Waals surface area contributed by atoms with E-state index in [9.17, 15) is 5.11 Å². The SMILES string of the molecule is COc1cc(C(C)NCC(O)C2CC2)sn1. The average Bonchev–Trinajstić information content (AvgIpc) is 3.03. The van der Waals surface area contributed by atoms with Crippen LogP contribution in [0.2, 0.25) is 0 Å². The van der Waals surface area contributed by atoms with Crippen molar-refractivity contribution in [2.45, 2.75) is 31.9 Å². The Labute approximate surface area is 99.8 Å². The number of hydrogen-bond donors (Lipinski definition) is 2. The quantitative estimate of drug-likeness (QED) is 0.795. The Hall–Kier alpha value is -0.650. The summed E-state index contributed by atoms with van der Waals surface area (Å²) in [5.74, 6) is 1.19. The molecule has 0 aliphatic heterocycles. The van der Waals surface area contributed by atoms with E-state index in [1.54, 1.807) is 7.11 Å². The summed E-state index contributed by atoms with van der Waals surface area (Å²) >= 11 is 1.44. The van der Waals surface area contributed by atoms with Crippen LogP contribution in [-0.4, -0.2) is 29.2 Å². The number of nitrogens with one attached hydrogen (secondary N) is 1. The minimum absolute atomic E-state index is 0.197. The molecule has 1 aromatic heterocycles. The maximum Gasteiger partial charge on any atom is 0.225 e. The van der Waals surface area contributed by atoms with Crippen molar-refractivity contribution in [3.8, 4) is 5.88 Å². The Kier molecular flexibility index (Phi) is 3.78. The number of hydrogen-bond acceptors (Lipinski definition) is 5. The van der Waals surface area contributed by atoms with Gasteiger partial charge in [0, 0.05) is 23.5 Å². The monoisotopic (exact) mass is 242 g/mol. The molecule has 2 N–H and O–H groups in total. The predicted octanol–water partition coefficient (Wildman–Crippen LogP) is 1.57. The molecular weight excluding hydrogens is 224 g/mol. The highest BCUT2D eigenvalue weighted by Crippen LogP contribution is 2.32. The Morgan fingerprint density at radius 1 is 1.69 bits per heavy atom. The van der Waals surface area contributed by atoms with Crippen molar-refractivity contribution in [2.24, 2.45) is 5.92 Å². The lowest BCUT2D eigenvalue weighted by Crippen LogP contribution is -2.29. The van der Waals surface area contributed by atoms with Gasteiger partial charge in [0.2, 0.25) is 5.88 Å². The van der Waals surface area contributed by atoms with Crippen molar-refractivity contribution in [1.29, 1.82) is 0 Å². The number of rotatable bonds is 6. The van der Waals surface area contributed by atoms with E-state index in [0.717, 1.165) is 4.88 Å². The molecule has 1 aromatic rings. The maximum atomic E-state index is 9.74. The molecule has 0 spiro atoms. The van der Waals surface area contributed by atoms with E-state index in [1.807, 2.05) is 6.07 Å². The summed E-state index contributed by atoms with van der Waals surface area (Å²) in [6.07, 6.45) is 2.15. The van der Waals surface area contributed by atoms with Crippen LogP contribution in [0.4, 0.5) is 0 Å². The van der Waals surface area contributed by atoms with Crippen molar-refractivity contribution >= 4 is 11.5 Å². The molecule has 1 heterocycles. The van der Waals surface area contributed by atoms with Gasteiger partial charge in [-0.3, -0.25) is 0 Å². The molecule has 2 atom stereocenters. The van der Waals surface area contributed by atoms with Crippen LogP contribution < -0.4 is 10.1 Å². The third-order valence-electron chi connectivity index (χ3n) is 2.94. The zero-order chi connectivity index (χ0) is 11.5. The number of aromatic nitrogens is 1. The zero-order valence-corrected chi connectivity index (χ0v) is 10.5. The summed E-state index contributed by atoms with van der Waals surface area (Å²) < 4.78 is 9.19. The van der Waals surface area contributed by atoms with Gasteiger partial charge in [0.15, 0.2) is 0 Å². The standard InChI is InChI=1S/C11H18N2O2S/c1-7(10-5-11(15-2)13-16-10)12-6-9(14)8-3-4-8/h5,7-9,12,14H,3-4,6H2,1-2H3. The first kappa shape index (κ1) is 11.8. The van der Waals surface area contributed by atoms with Crippen molar-refractivity contribution in [3.63, 3.8) is 0 Å². The van der Waals surface area contributed by atoms with Crippen LogP contribution in [0.25, 0.3) is 0 Å². The summed E-state index contributed by atoms with van der Waals surface area (Å²) in [5.41, 5.74) is 0. The van der Waals surface area contributed by atoms with Gasteiger partial charge in [0.25, 0.3) is 0 Å². The van der Waals surface area contributed by atoms with Crippen LogP contribution >= 0.6 is 11.5 Å². The molecule has 4 nitrogen and oxygen atoms in total. The first-order chi connectivity index (χ1) is 7.70. The molecule has 16 heavy (non-hydrogen) atoms. The number of aliphatic hydroxyl groups excluding tert-OH is 1. The fourth-order valence-corrected chi connectivity index (χ4v) is 2.34. The minimum atomic E-state index is -0.197. The third kappa shape index (κ3) is 2.93. The Morgan fingerprint density at radius 2 is 2.44 bits per heavy atom. The van der Waals surface area contributed by atoms with Gasteiger partial charge in [-0.1, -0.05) is 0 Å². The maximum absolute atomic E-state index is 9.74. The first-order valence-corrected chi connectivity index (χ1v) is 6.40. The molecule has 90 valence electrons. The van der Waals surface area contributed by atoms with E-state index < -0.39 is 0 Å². The Morgan fingerprint density at radius 3 is 3.00 bits per heavy atom. The Bertz CT molecular complexity index is 338. The summed E-state index contributed by atoms with van der Waals surface area (Å²) in [5, 5.41) is 13.1. The van der Waals surface area contributed by atoms with Gasteiger partial charge < -0.3 is 15.2 Å². The van der Waals surface area contributed by atoms with Crippen molar-refractivity contribution < 1.29 is 9.84 Å². The summed E-state index contributed by atoms with van der Waals surface area (Å²) in [7, 11) is 1.62. The molecule has 2 unspecified atom stereocenters. The van der Waals surface area contributed by atoms with Gasteiger partial charge in [0.05, 0.1) is 13.2 Å². The highest BCUT2D eigenvalue weighted by atomic mass is 32.1. The van der Waals surface area contributed by atoms with E-state index in [1.165, 1.54) is 24.4 Å². The molecule has 2 rings (SSSR count). The van der Waals surface area contributed by atoms with Gasteiger partial charge in [-0.15, -0.1) is 0 Å². The van der Waals surface area contributed by atoms with Crippen molar-refractivity contribution in [3.05, 3.63) is 10.9 Å². The highest BCUT2D eigenvalue weighted by Gasteiger charge is 2.29. The molecule has 0 aromatic carbocycles. The van der Waals surface area contributed by atoms with Gasteiger partial charge in [-0.05, 0) is 37.2 Å². The molecular formula is C11H18N2O2S. The molecule has 1 fully saturated rings. The smallest absolute Gasteiger partial charge is 0.225 e. The van der Waals surface area contributed by atoms with Crippen LogP contribution in [0.3, 0.4) is 0 Å². The third-order valence-corrected chi connectivity index (χ3v) is 3.90. The highest BCUT2D eigenvalue weighted by molar-refractivity contribution is 7.06. The van der Waals surface area contributed by atoms with E-state index in [2.05, 4.69) is 16.6 Å². The van der Waals surface area contributed by atoms with E-state index in [-0.39, 0.29) is 12.1 Å². The fraction of sp³-hybridized carbons (Fsp3) is 0.727. The molecule has 1 aliphatic carbocycles. The molecule has 1 saturated carbocycles. The van der Waals surface area contributed by atoms with Crippen LogP contribution in [0, 0.1) is 5.92 Å². The predicted molar refractivity (Wildman–Crippen MR) is 63.8 cm³/mol. The normalized spacial score (nSPS) is 19.4.